The Morgan fingerprint density at radius 3 is 2.82 bits per heavy atom. The number of benzene rings is 1. The number of hydrogen-bond donors (Lipinski definition) is 2. The van der Waals surface area contributed by atoms with Gasteiger partial charge < -0.3 is 19.4 Å². The molecule has 1 fully saturated rings. The van der Waals surface area contributed by atoms with Crippen LogP contribution in [0, 0.1) is 17.7 Å². The molecule has 3 aromatic heterocycles. The first-order chi connectivity index (χ1) is 18.9. The summed E-state index contributed by atoms with van der Waals surface area (Å²) < 4.78 is 44.8. The normalized spacial score (nSPS) is 19.9. The molecule has 10 nitrogen and oxygen atoms in total. The number of imidazole rings is 1. The molecule has 0 spiro atoms. The van der Waals surface area contributed by atoms with E-state index < -0.39 is 17.7 Å². The lowest BCUT2D eigenvalue weighted by Crippen LogP contribution is -2.19. The van der Waals surface area contributed by atoms with Crippen molar-refractivity contribution in [1.82, 2.24) is 24.3 Å². The summed E-state index contributed by atoms with van der Waals surface area (Å²) in [5.41, 5.74) is 2.04. The number of anilines is 2. The number of carbonyl (C=O) groups excluding carboxylic acids is 1. The summed E-state index contributed by atoms with van der Waals surface area (Å²) in [5.74, 6) is -1.12. The Bertz CT molecular complexity index is 1540. The average molecular weight is 538 g/mol. The monoisotopic (exact) mass is 537 g/mol. The van der Waals surface area contributed by atoms with E-state index >= 15 is 4.39 Å². The number of pyridine rings is 1. The molecule has 0 aliphatic carbocycles. The summed E-state index contributed by atoms with van der Waals surface area (Å²) in [4.78, 5) is 21.9. The lowest BCUT2D eigenvalue weighted by Gasteiger charge is -2.17. The van der Waals surface area contributed by atoms with Crippen molar-refractivity contribution in [2.75, 3.05) is 30.5 Å². The molecule has 6 rings (SSSR count). The smallest absolute Gasteiger partial charge is 0.258 e. The van der Waals surface area contributed by atoms with Crippen molar-refractivity contribution in [3.8, 4) is 17.1 Å². The molecule has 1 aromatic carbocycles. The number of fused-ring (bicyclic) bond motifs is 7. The van der Waals surface area contributed by atoms with E-state index in [4.69, 9.17) is 9.47 Å². The van der Waals surface area contributed by atoms with E-state index in [9.17, 15) is 9.18 Å². The molecule has 1 amide bonds. The van der Waals surface area contributed by atoms with Gasteiger partial charge in [0.25, 0.3) is 5.91 Å². The zero-order valence-electron chi connectivity index (χ0n) is 21.7. The number of halogens is 2. The summed E-state index contributed by atoms with van der Waals surface area (Å²) in [6, 6.07) is 5.84. The highest BCUT2D eigenvalue weighted by atomic mass is 19.1. The largest absolute Gasteiger partial charge is 0.477 e. The van der Waals surface area contributed by atoms with Crippen LogP contribution in [0.2, 0.25) is 0 Å². The fourth-order valence-corrected chi connectivity index (χ4v) is 5.17. The van der Waals surface area contributed by atoms with E-state index in [1.54, 1.807) is 22.4 Å². The van der Waals surface area contributed by atoms with Gasteiger partial charge in [-0.3, -0.25) is 10.1 Å². The van der Waals surface area contributed by atoms with Crippen LogP contribution in [-0.2, 0) is 18.3 Å². The third-order valence-electron chi connectivity index (χ3n) is 7.11. The molecular formula is C27H29F2N7O3. The van der Waals surface area contributed by atoms with Gasteiger partial charge in [0.2, 0.25) is 17.8 Å². The second kappa shape index (κ2) is 10.3. The predicted octanol–water partition coefficient (Wildman–Crippen LogP) is 4.37. The van der Waals surface area contributed by atoms with E-state index in [-0.39, 0.29) is 29.2 Å². The zero-order chi connectivity index (χ0) is 27.1. The van der Waals surface area contributed by atoms with Crippen molar-refractivity contribution < 1.29 is 23.0 Å². The molecule has 4 aromatic rings. The molecule has 5 heterocycles. The summed E-state index contributed by atoms with van der Waals surface area (Å²) in [7, 11) is 1.73. The van der Waals surface area contributed by atoms with Gasteiger partial charge in [0.05, 0.1) is 42.2 Å². The molecule has 2 aliphatic heterocycles. The number of aryl methyl sites for hydroxylation is 1. The first kappa shape index (κ1) is 25.2. The van der Waals surface area contributed by atoms with Gasteiger partial charge in [0.1, 0.15) is 5.52 Å². The topological polar surface area (TPSA) is 108 Å². The van der Waals surface area contributed by atoms with Crippen molar-refractivity contribution in [2.45, 2.75) is 38.8 Å². The Kier molecular flexibility index (Phi) is 6.63. The van der Waals surface area contributed by atoms with Crippen LogP contribution in [0.3, 0.4) is 0 Å². The Balaban J connectivity index is 1.42. The summed E-state index contributed by atoms with van der Waals surface area (Å²) >= 11 is 0. The van der Waals surface area contributed by atoms with E-state index in [1.807, 2.05) is 0 Å². The quantitative estimate of drug-likeness (QED) is 0.366. The maximum atomic E-state index is 15.5. The van der Waals surface area contributed by atoms with Crippen LogP contribution < -0.4 is 15.4 Å². The highest BCUT2D eigenvalue weighted by molar-refractivity contribution is 6.04. The third kappa shape index (κ3) is 5.03. The van der Waals surface area contributed by atoms with Crippen LogP contribution in [-0.4, -0.2) is 56.1 Å². The SMILES string of the molecule is C[C@@H]1CCCOc2c(cnn2C)-c2cc(cc(F)n2)C(=O)Nc2nc3cc(N[C@@H]4CCOC4)cc(F)c3n2C1. The lowest BCUT2D eigenvalue weighted by molar-refractivity contribution is 0.102. The number of nitrogens with zero attached hydrogens (tertiary/aromatic N) is 5. The fraction of sp³-hybridized carbons (Fsp3) is 0.407. The van der Waals surface area contributed by atoms with Crippen molar-refractivity contribution in [1.29, 1.82) is 0 Å². The number of ether oxygens (including phenoxy) is 2. The molecule has 2 bridgehead atoms. The molecule has 2 atom stereocenters. The second-order valence-electron chi connectivity index (χ2n) is 10.2. The predicted molar refractivity (Wildman–Crippen MR) is 141 cm³/mol. The average Bonchev–Trinajstić information content (AvgIpc) is 3.61. The first-order valence-electron chi connectivity index (χ1n) is 13.0. The first-order valence-corrected chi connectivity index (χ1v) is 13.0. The summed E-state index contributed by atoms with van der Waals surface area (Å²) in [6.45, 7) is 4.10. The lowest BCUT2D eigenvalue weighted by atomic mass is 10.1. The second-order valence-corrected chi connectivity index (χ2v) is 10.2. The Labute approximate surface area is 223 Å². The van der Waals surface area contributed by atoms with Gasteiger partial charge in [-0.15, -0.1) is 0 Å². The third-order valence-corrected chi connectivity index (χ3v) is 7.11. The van der Waals surface area contributed by atoms with Crippen molar-refractivity contribution in [3.63, 3.8) is 0 Å². The molecule has 2 aliphatic rings. The maximum absolute atomic E-state index is 15.5. The number of amides is 1. The van der Waals surface area contributed by atoms with Crippen LogP contribution >= 0.6 is 0 Å². The van der Waals surface area contributed by atoms with E-state index in [0.717, 1.165) is 25.3 Å². The summed E-state index contributed by atoms with van der Waals surface area (Å²) in [6.07, 6.45) is 3.87. The molecule has 204 valence electrons. The molecule has 2 N–H and O–H groups in total. The van der Waals surface area contributed by atoms with Gasteiger partial charge in [-0.05, 0) is 43.4 Å². The van der Waals surface area contributed by atoms with Gasteiger partial charge in [-0.25, -0.2) is 19.0 Å². The number of nitrogens with one attached hydrogen (secondary N) is 2. The van der Waals surface area contributed by atoms with Gasteiger partial charge in [-0.1, -0.05) is 6.92 Å². The molecule has 1 saturated heterocycles. The van der Waals surface area contributed by atoms with Crippen molar-refractivity contribution in [2.24, 2.45) is 13.0 Å². The highest BCUT2D eigenvalue weighted by Gasteiger charge is 2.23. The minimum absolute atomic E-state index is 0.0397. The minimum atomic E-state index is -0.823. The van der Waals surface area contributed by atoms with Crippen LogP contribution in [0.4, 0.5) is 20.4 Å². The standard InChI is InChI=1S/C27H29F2N7O3/c1-15-4-3-6-39-26-19(12-30-35(26)2)21-8-16(9-23(29)32-21)25(37)34-27-33-22-11-18(31-17-5-7-38-14-17)10-20(28)24(22)36(27)13-15/h8-12,15,17,31H,3-7,13-14H2,1-2H3,(H,33,34,37)/t15-,17-/m1/s1. The molecule has 0 unspecified atom stereocenters. The van der Waals surface area contributed by atoms with Crippen LogP contribution in [0.1, 0.15) is 36.5 Å². The van der Waals surface area contributed by atoms with Gasteiger partial charge >= 0.3 is 0 Å². The number of aromatic nitrogens is 5. The summed E-state index contributed by atoms with van der Waals surface area (Å²) in [5, 5.41) is 10.3. The Morgan fingerprint density at radius 2 is 2.00 bits per heavy atom. The molecule has 0 radical (unpaired) electrons. The van der Waals surface area contributed by atoms with Gasteiger partial charge in [-0.2, -0.15) is 9.49 Å². The molecular weight excluding hydrogens is 508 g/mol. The van der Waals surface area contributed by atoms with Crippen LogP contribution in [0.15, 0.2) is 30.5 Å². The van der Waals surface area contributed by atoms with Crippen molar-refractivity contribution in [3.05, 3.63) is 47.8 Å². The fourth-order valence-electron chi connectivity index (χ4n) is 5.17. The number of rotatable bonds is 2. The van der Waals surface area contributed by atoms with E-state index in [2.05, 4.69) is 32.6 Å². The highest BCUT2D eigenvalue weighted by Crippen LogP contribution is 2.32. The van der Waals surface area contributed by atoms with E-state index in [1.165, 1.54) is 18.3 Å². The molecule has 12 heteroatoms. The Morgan fingerprint density at radius 1 is 1.13 bits per heavy atom. The van der Waals surface area contributed by atoms with Crippen molar-refractivity contribution >= 4 is 28.6 Å². The Hall–Kier alpha value is -4.06. The maximum Gasteiger partial charge on any atom is 0.258 e. The van der Waals surface area contributed by atoms with Gasteiger partial charge in [0, 0.05) is 37.5 Å². The molecule has 39 heavy (non-hydrogen) atoms. The van der Waals surface area contributed by atoms with Gasteiger partial charge in [0.15, 0.2) is 5.82 Å². The van der Waals surface area contributed by atoms with Crippen LogP contribution in [0.25, 0.3) is 22.3 Å². The number of carbonyl (C=O) groups is 1. The number of hydrogen-bond acceptors (Lipinski definition) is 7. The van der Waals surface area contributed by atoms with E-state index in [0.29, 0.717) is 54.5 Å². The zero-order valence-corrected chi connectivity index (χ0v) is 21.7. The van der Waals surface area contributed by atoms with Crippen LogP contribution in [0.5, 0.6) is 5.88 Å². The minimum Gasteiger partial charge on any atom is -0.477 e. The molecule has 0 saturated carbocycles.